The average molecular weight is 265 g/mol. The fraction of sp³-hybridized carbons (Fsp3) is 0.462. The van der Waals surface area contributed by atoms with Crippen molar-refractivity contribution in [2.24, 2.45) is 13.0 Å². The highest BCUT2D eigenvalue weighted by molar-refractivity contribution is 5.94. The summed E-state index contributed by atoms with van der Waals surface area (Å²) in [6, 6.07) is 0.899. The minimum absolute atomic E-state index is 0.197. The zero-order valence-electron chi connectivity index (χ0n) is 11.3. The second kappa shape index (κ2) is 6.72. The van der Waals surface area contributed by atoms with Crippen LogP contribution in [0.25, 0.3) is 6.08 Å². The number of rotatable bonds is 6. The molecule has 1 aromatic rings. The van der Waals surface area contributed by atoms with Gasteiger partial charge in [-0.25, -0.2) is 4.79 Å². The molecule has 0 radical (unpaired) electrons. The quantitative estimate of drug-likeness (QED) is 0.753. The second-order valence-corrected chi connectivity index (χ2v) is 4.74. The van der Waals surface area contributed by atoms with E-state index in [9.17, 15) is 9.59 Å². The van der Waals surface area contributed by atoms with E-state index in [1.165, 1.54) is 6.08 Å². The average Bonchev–Trinajstić information content (AvgIpc) is 2.70. The molecule has 2 N–H and O–H groups in total. The lowest BCUT2D eigenvalue weighted by molar-refractivity contribution is -0.141. The number of hydrogen-bond donors (Lipinski definition) is 2. The van der Waals surface area contributed by atoms with Crippen molar-refractivity contribution in [3.63, 3.8) is 0 Å². The van der Waals surface area contributed by atoms with Gasteiger partial charge in [0, 0.05) is 19.3 Å². The lowest BCUT2D eigenvalue weighted by Crippen LogP contribution is -2.40. The number of nitrogens with zero attached hydrogens (tertiary/aromatic N) is 2. The van der Waals surface area contributed by atoms with Crippen LogP contribution in [-0.4, -0.2) is 32.8 Å². The molecule has 1 aromatic heterocycles. The van der Waals surface area contributed by atoms with Crippen molar-refractivity contribution in [2.45, 2.75) is 26.3 Å². The Morgan fingerprint density at radius 2 is 2.21 bits per heavy atom. The van der Waals surface area contributed by atoms with E-state index in [1.54, 1.807) is 30.1 Å². The first-order chi connectivity index (χ1) is 8.90. The highest BCUT2D eigenvalue weighted by Crippen LogP contribution is 2.05. The molecule has 0 spiro atoms. The number of carboxylic acids is 1. The van der Waals surface area contributed by atoms with E-state index in [0.29, 0.717) is 6.42 Å². The van der Waals surface area contributed by atoms with Gasteiger partial charge in [-0.2, -0.15) is 5.10 Å². The molecular formula is C13H19N3O3. The van der Waals surface area contributed by atoms with Gasteiger partial charge in [-0.05, 0) is 24.5 Å². The van der Waals surface area contributed by atoms with Crippen LogP contribution >= 0.6 is 0 Å². The van der Waals surface area contributed by atoms with Crippen molar-refractivity contribution in [3.8, 4) is 0 Å². The third-order valence-corrected chi connectivity index (χ3v) is 2.59. The van der Waals surface area contributed by atoms with Crippen LogP contribution in [0.1, 0.15) is 26.0 Å². The number of aromatic nitrogens is 2. The van der Waals surface area contributed by atoms with E-state index in [0.717, 1.165) is 5.69 Å². The molecule has 1 amide bonds. The van der Waals surface area contributed by atoms with Gasteiger partial charge < -0.3 is 10.4 Å². The fourth-order valence-electron chi connectivity index (χ4n) is 1.62. The molecule has 0 aliphatic carbocycles. The Balaban J connectivity index is 2.60. The number of carboxylic acid groups (broad SMARTS) is 1. The number of carbonyl (C=O) groups excluding carboxylic acids is 1. The normalized spacial score (nSPS) is 12.8. The Bertz CT molecular complexity index is 477. The topological polar surface area (TPSA) is 84.2 Å². The third kappa shape index (κ3) is 4.95. The van der Waals surface area contributed by atoms with Crippen molar-refractivity contribution in [1.82, 2.24) is 15.1 Å². The third-order valence-electron chi connectivity index (χ3n) is 2.59. The lowest BCUT2D eigenvalue weighted by Gasteiger charge is -2.15. The van der Waals surface area contributed by atoms with Crippen molar-refractivity contribution in [3.05, 3.63) is 24.0 Å². The highest BCUT2D eigenvalue weighted by Gasteiger charge is 2.19. The lowest BCUT2D eigenvalue weighted by atomic mass is 10.0. The zero-order valence-corrected chi connectivity index (χ0v) is 11.3. The van der Waals surface area contributed by atoms with Gasteiger partial charge in [-0.3, -0.25) is 9.48 Å². The van der Waals surface area contributed by atoms with Gasteiger partial charge in [-0.15, -0.1) is 0 Å². The molecule has 19 heavy (non-hydrogen) atoms. The summed E-state index contributed by atoms with van der Waals surface area (Å²) in [7, 11) is 1.76. The van der Waals surface area contributed by atoms with Crippen LogP contribution in [0.3, 0.4) is 0 Å². The summed E-state index contributed by atoms with van der Waals surface area (Å²) in [5.41, 5.74) is 0.769. The first kappa shape index (κ1) is 14.9. The van der Waals surface area contributed by atoms with Crippen molar-refractivity contribution < 1.29 is 14.7 Å². The van der Waals surface area contributed by atoms with Gasteiger partial charge in [0.1, 0.15) is 6.04 Å². The van der Waals surface area contributed by atoms with Crippen LogP contribution in [0.5, 0.6) is 0 Å². The first-order valence-corrected chi connectivity index (χ1v) is 6.09. The maximum atomic E-state index is 11.7. The van der Waals surface area contributed by atoms with E-state index >= 15 is 0 Å². The van der Waals surface area contributed by atoms with E-state index in [4.69, 9.17) is 5.11 Å². The molecule has 6 heteroatoms. The number of nitrogens with one attached hydrogen (secondary N) is 1. The predicted octanol–water partition coefficient (Wildman–Crippen LogP) is 1.05. The van der Waals surface area contributed by atoms with E-state index < -0.39 is 17.9 Å². The Labute approximate surface area is 112 Å². The molecule has 0 fully saturated rings. The molecule has 0 saturated heterocycles. The standard InChI is InChI=1S/C13H19N3O3/c1-9(2)8-11(13(18)19)15-12(17)5-4-10-6-7-14-16(10)3/h4-7,9,11H,8H2,1-3H3,(H,15,17)(H,18,19)/b5-4+/t11-/m0/s1. The molecule has 0 aromatic carbocycles. The predicted molar refractivity (Wildman–Crippen MR) is 71.3 cm³/mol. The molecule has 104 valence electrons. The van der Waals surface area contributed by atoms with Crippen LogP contribution in [0.2, 0.25) is 0 Å². The summed E-state index contributed by atoms with van der Waals surface area (Å²) in [6.45, 7) is 3.82. The molecule has 0 unspecified atom stereocenters. The van der Waals surface area contributed by atoms with Crippen molar-refractivity contribution >= 4 is 18.0 Å². The Kier molecular flexibility index (Phi) is 5.29. The minimum Gasteiger partial charge on any atom is -0.480 e. The maximum absolute atomic E-state index is 11.7. The summed E-state index contributed by atoms with van der Waals surface area (Å²) in [4.78, 5) is 22.7. The van der Waals surface area contributed by atoms with Crippen LogP contribution in [-0.2, 0) is 16.6 Å². The molecule has 0 aliphatic heterocycles. The fourth-order valence-corrected chi connectivity index (χ4v) is 1.62. The van der Waals surface area contributed by atoms with Gasteiger partial charge in [0.15, 0.2) is 0 Å². The number of amides is 1. The van der Waals surface area contributed by atoms with E-state index in [1.807, 2.05) is 13.8 Å². The van der Waals surface area contributed by atoms with Gasteiger partial charge >= 0.3 is 5.97 Å². The second-order valence-electron chi connectivity index (χ2n) is 4.74. The molecule has 1 heterocycles. The molecule has 0 saturated carbocycles. The Morgan fingerprint density at radius 1 is 1.53 bits per heavy atom. The number of aliphatic carboxylic acids is 1. The first-order valence-electron chi connectivity index (χ1n) is 6.09. The smallest absolute Gasteiger partial charge is 0.326 e. The van der Waals surface area contributed by atoms with Gasteiger partial charge in [0.05, 0.1) is 5.69 Å². The van der Waals surface area contributed by atoms with Gasteiger partial charge in [-0.1, -0.05) is 13.8 Å². The van der Waals surface area contributed by atoms with Crippen LogP contribution in [0, 0.1) is 5.92 Å². The molecule has 0 aliphatic rings. The van der Waals surface area contributed by atoms with Gasteiger partial charge in [0.2, 0.25) is 5.91 Å². The Hall–Kier alpha value is -2.11. The Morgan fingerprint density at radius 3 is 2.68 bits per heavy atom. The summed E-state index contributed by atoms with van der Waals surface area (Å²) >= 11 is 0. The van der Waals surface area contributed by atoms with E-state index in [2.05, 4.69) is 10.4 Å². The zero-order chi connectivity index (χ0) is 14.4. The van der Waals surface area contributed by atoms with Crippen LogP contribution in [0.4, 0.5) is 0 Å². The molecule has 6 nitrogen and oxygen atoms in total. The van der Waals surface area contributed by atoms with Gasteiger partial charge in [0.25, 0.3) is 0 Å². The van der Waals surface area contributed by atoms with Crippen LogP contribution < -0.4 is 5.32 Å². The molecule has 1 rings (SSSR count). The largest absolute Gasteiger partial charge is 0.480 e. The SMILES string of the molecule is CC(C)C[C@H](NC(=O)/C=C/c1ccnn1C)C(=O)O. The summed E-state index contributed by atoms with van der Waals surface area (Å²) < 4.78 is 1.62. The summed E-state index contributed by atoms with van der Waals surface area (Å²) in [5, 5.41) is 15.5. The van der Waals surface area contributed by atoms with E-state index in [-0.39, 0.29) is 5.92 Å². The minimum atomic E-state index is -1.02. The number of carbonyl (C=O) groups is 2. The number of hydrogen-bond acceptors (Lipinski definition) is 3. The summed E-state index contributed by atoms with van der Waals surface area (Å²) in [5.74, 6) is -1.24. The maximum Gasteiger partial charge on any atom is 0.326 e. The highest BCUT2D eigenvalue weighted by atomic mass is 16.4. The van der Waals surface area contributed by atoms with Crippen molar-refractivity contribution in [1.29, 1.82) is 0 Å². The molecular weight excluding hydrogens is 246 g/mol. The van der Waals surface area contributed by atoms with Crippen molar-refractivity contribution in [2.75, 3.05) is 0 Å². The number of aryl methyl sites for hydroxylation is 1. The summed E-state index contributed by atoms with van der Waals surface area (Å²) in [6.07, 6.45) is 4.93. The molecule has 0 bridgehead atoms. The molecule has 1 atom stereocenters. The van der Waals surface area contributed by atoms with Crippen LogP contribution in [0.15, 0.2) is 18.3 Å². The monoisotopic (exact) mass is 265 g/mol.